The number of hydrogen-bond acceptors (Lipinski definition) is 1. The second-order valence-corrected chi connectivity index (χ2v) is 8.10. The molecule has 0 heterocycles. The Hall–Kier alpha value is -0.0400. The molecule has 0 amide bonds. The summed E-state index contributed by atoms with van der Waals surface area (Å²) in [5, 5.41) is 0. The van der Waals surface area contributed by atoms with Crippen LogP contribution in [0.1, 0.15) is 98.3 Å². The Morgan fingerprint density at radius 1 is 1.00 bits per heavy atom. The summed E-state index contributed by atoms with van der Waals surface area (Å²) in [5.74, 6) is 3.96. The van der Waals surface area contributed by atoms with Gasteiger partial charge in [0, 0.05) is 6.04 Å². The highest BCUT2D eigenvalue weighted by molar-refractivity contribution is 4.80. The van der Waals surface area contributed by atoms with Crippen LogP contribution in [0, 0.1) is 23.7 Å². The molecule has 1 fully saturated rings. The molecular weight excluding hydrogens is 254 g/mol. The van der Waals surface area contributed by atoms with Crippen LogP contribution < -0.4 is 5.73 Å². The van der Waals surface area contributed by atoms with Crippen molar-refractivity contribution in [2.24, 2.45) is 29.4 Å². The summed E-state index contributed by atoms with van der Waals surface area (Å²) in [4.78, 5) is 0. The lowest BCUT2D eigenvalue weighted by Crippen LogP contribution is -2.25. The Balaban J connectivity index is 1.99. The van der Waals surface area contributed by atoms with Crippen molar-refractivity contribution in [2.45, 2.75) is 104 Å². The van der Waals surface area contributed by atoms with Gasteiger partial charge in [-0.2, -0.15) is 0 Å². The van der Waals surface area contributed by atoms with Crippen molar-refractivity contribution in [1.82, 2.24) is 0 Å². The van der Waals surface area contributed by atoms with Crippen LogP contribution in [0.25, 0.3) is 0 Å². The predicted octanol–water partition coefficient (Wildman–Crippen LogP) is 6.16. The Morgan fingerprint density at radius 2 is 1.67 bits per heavy atom. The molecule has 1 heteroatoms. The molecule has 126 valence electrons. The third kappa shape index (κ3) is 8.24. The molecule has 0 aromatic carbocycles. The van der Waals surface area contributed by atoms with Gasteiger partial charge in [0.1, 0.15) is 0 Å². The van der Waals surface area contributed by atoms with E-state index in [1.54, 1.807) is 0 Å². The monoisotopic (exact) mass is 295 g/mol. The van der Waals surface area contributed by atoms with E-state index in [0.29, 0.717) is 6.04 Å². The Labute approximate surface area is 134 Å². The summed E-state index contributed by atoms with van der Waals surface area (Å²) in [5.41, 5.74) is 5.93. The van der Waals surface area contributed by atoms with Crippen LogP contribution in [0.15, 0.2) is 0 Å². The summed E-state index contributed by atoms with van der Waals surface area (Å²) in [6.07, 6.45) is 15.6. The molecule has 0 aromatic rings. The lowest BCUT2D eigenvalue weighted by molar-refractivity contribution is 0.149. The van der Waals surface area contributed by atoms with E-state index in [2.05, 4.69) is 27.7 Å². The molecule has 1 aliphatic rings. The average Bonchev–Trinajstić information content (AvgIpc) is 2.39. The van der Waals surface area contributed by atoms with Gasteiger partial charge in [0.25, 0.3) is 0 Å². The van der Waals surface area contributed by atoms with Crippen molar-refractivity contribution >= 4 is 0 Å². The first-order chi connectivity index (χ1) is 10.0. The molecule has 2 N–H and O–H groups in total. The molecule has 21 heavy (non-hydrogen) atoms. The van der Waals surface area contributed by atoms with Crippen molar-refractivity contribution in [3.05, 3.63) is 0 Å². The van der Waals surface area contributed by atoms with Gasteiger partial charge >= 0.3 is 0 Å². The van der Waals surface area contributed by atoms with Crippen molar-refractivity contribution in [1.29, 1.82) is 0 Å². The van der Waals surface area contributed by atoms with Gasteiger partial charge in [-0.1, -0.05) is 65.7 Å². The van der Waals surface area contributed by atoms with Crippen LogP contribution in [0.5, 0.6) is 0 Å². The maximum absolute atomic E-state index is 5.93. The quantitative estimate of drug-likeness (QED) is 0.428. The van der Waals surface area contributed by atoms with Gasteiger partial charge in [-0.15, -0.1) is 0 Å². The topological polar surface area (TPSA) is 26.0 Å². The molecule has 1 nitrogen and oxygen atoms in total. The average molecular weight is 296 g/mol. The third-order valence-electron chi connectivity index (χ3n) is 5.61. The molecule has 0 saturated heterocycles. The highest BCUT2D eigenvalue weighted by Gasteiger charge is 2.28. The predicted molar refractivity (Wildman–Crippen MR) is 95.4 cm³/mol. The van der Waals surface area contributed by atoms with E-state index in [-0.39, 0.29) is 0 Å². The highest BCUT2D eigenvalue weighted by Crippen LogP contribution is 2.41. The molecule has 1 saturated carbocycles. The summed E-state index contributed by atoms with van der Waals surface area (Å²) >= 11 is 0. The van der Waals surface area contributed by atoms with Gasteiger partial charge in [0.05, 0.1) is 0 Å². The molecule has 0 radical (unpaired) electrons. The number of hydrogen-bond donors (Lipinski definition) is 1. The number of nitrogens with two attached hydrogens (primary N) is 1. The van der Waals surface area contributed by atoms with Crippen molar-refractivity contribution < 1.29 is 0 Å². The van der Waals surface area contributed by atoms with E-state index in [4.69, 9.17) is 5.73 Å². The van der Waals surface area contributed by atoms with Crippen LogP contribution in [-0.4, -0.2) is 6.04 Å². The number of unbranched alkanes of at least 4 members (excludes halogenated alkanes) is 1. The fourth-order valence-corrected chi connectivity index (χ4v) is 4.34. The molecule has 1 aliphatic carbocycles. The van der Waals surface area contributed by atoms with E-state index >= 15 is 0 Å². The van der Waals surface area contributed by atoms with Crippen molar-refractivity contribution in [3.63, 3.8) is 0 Å². The minimum absolute atomic E-state index is 0.378. The number of rotatable bonds is 12. The fraction of sp³-hybridized carbons (Fsp3) is 1.00. The van der Waals surface area contributed by atoms with E-state index in [9.17, 15) is 0 Å². The van der Waals surface area contributed by atoms with Gasteiger partial charge in [-0.25, -0.2) is 0 Å². The molecule has 0 aromatic heterocycles. The zero-order valence-corrected chi connectivity index (χ0v) is 15.2. The summed E-state index contributed by atoms with van der Waals surface area (Å²) in [7, 11) is 0. The minimum Gasteiger partial charge on any atom is -0.328 e. The SMILES string of the molecule is CCCC1CC(CC(C)CCCCC(CC)CC(C)N)C1. The van der Waals surface area contributed by atoms with Gasteiger partial charge in [-0.05, 0) is 56.3 Å². The first kappa shape index (κ1) is 19.0. The molecule has 3 atom stereocenters. The third-order valence-corrected chi connectivity index (χ3v) is 5.61. The molecule has 0 spiro atoms. The normalized spacial score (nSPS) is 26.1. The van der Waals surface area contributed by atoms with Gasteiger partial charge in [0.2, 0.25) is 0 Å². The van der Waals surface area contributed by atoms with Gasteiger partial charge in [0.15, 0.2) is 0 Å². The smallest absolute Gasteiger partial charge is 0.00131 e. The van der Waals surface area contributed by atoms with E-state index in [1.165, 1.54) is 70.6 Å². The van der Waals surface area contributed by atoms with E-state index in [1.807, 2.05) is 0 Å². The zero-order valence-electron chi connectivity index (χ0n) is 15.2. The van der Waals surface area contributed by atoms with Crippen LogP contribution >= 0.6 is 0 Å². The van der Waals surface area contributed by atoms with Crippen LogP contribution in [0.4, 0.5) is 0 Å². The lowest BCUT2D eigenvalue weighted by atomic mass is 9.69. The van der Waals surface area contributed by atoms with E-state index < -0.39 is 0 Å². The first-order valence-electron chi connectivity index (χ1n) is 9.80. The largest absolute Gasteiger partial charge is 0.328 e. The Bertz CT molecular complexity index is 242. The molecule has 0 bridgehead atoms. The van der Waals surface area contributed by atoms with Gasteiger partial charge < -0.3 is 5.73 Å². The van der Waals surface area contributed by atoms with Crippen LogP contribution in [0.3, 0.4) is 0 Å². The Morgan fingerprint density at radius 3 is 2.24 bits per heavy atom. The van der Waals surface area contributed by atoms with Crippen molar-refractivity contribution in [2.75, 3.05) is 0 Å². The highest BCUT2D eigenvalue weighted by atomic mass is 14.6. The lowest BCUT2D eigenvalue weighted by Gasteiger charge is -2.37. The van der Waals surface area contributed by atoms with Crippen molar-refractivity contribution in [3.8, 4) is 0 Å². The summed E-state index contributed by atoms with van der Waals surface area (Å²) in [6.45, 7) is 9.27. The standard InChI is InChI=1S/C20H41N/c1-5-9-19-14-20(15-19)12-16(3)10-7-8-11-18(6-2)13-17(4)21/h16-20H,5-15,21H2,1-4H3. The summed E-state index contributed by atoms with van der Waals surface area (Å²) in [6, 6.07) is 0.378. The van der Waals surface area contributed by atoms with Crippen LogP contribution in [-0.2, 0) is 0 Å². The maximum Gasteiger partial charge on any atom is 0.00131 e. The van der Waals surface area contributed by atoms with Crippen LogP contribution in [0.2, 0.25) is 0 Å². The maximum atomic E-state index is 5.93. The van der Waals surface area contributed by atoms with E-state index in [0.717, 1.165) is 23.7 Å². The fourth-order valence-electron chi connectivity index (χ4n) is 4.34. The molecular formula is C20H41N. The zero-order chi connectivity index (χ0) is 15.7. The minimum atomic E-state index is 0.378. The summed E-state index contributed by atoms with van der Waals surface area (Å²) < 4.78 is 0. The van der Waals surface area contributed by atoms with Gasteiger partial charge in [-0.3, -0.25) is 0 Å². The molecule has 1 rings (SSSR count). The Kier molecular flexibility index (Phi) is 9.64. The first-order valence-corrected chi connectivity index (χ1v) is 9.80. The molecule has 3 unspecified atom stereocenters. The second-order valence-electron chi connectivity index (χ2n) is 8.10. The molecule has 0 aliphatic heterocycles. The second kappa shape index (κ2) is 10.6.